The van der Waals surface area contributed by atoms with Crippen molar-refractivity contribution in [1.82, 2.24) is 15.5 Å². The summed E-state index contributed by atoms with van der Waals surface area (Å²) in [5.74, 6) is 1.20. The maximum absolute atomic E-state index is 12.3. The van der Waals surface area contributed by atoms with Crippen LogP contribution in [0.1, 0.15) is 53.9 Å². The van der Waals surface area contributed by atoms with Gasteiger partial charge in [0.15, 0.2) is 0 Å². The molecule has 0 aromatic carbocycles. The van der Waals surface area contributed by atoms with Crippen LogP contribution in [0.2, 0.25) is 0 Å². The van der Waals surface area contributed by atoms with Gasteiger partial charge in [0.2, 0.25) is 11.8 Å². The number of rotatable bonds is 7. The smallest absolute Gasteiger partial charge is 0.234 e. The van der Waals surface area contributed by atoms with Crippen molar-refractivity contribution in [1.29, 1.82) is 0 Å². The van der Waals surface area contributed by atoms with Crippen molar-refractivity contribution >= 4 is 11.8 Å². The molecule has 3 atom stereocenters. The molecule has 0 heterocycles. The zero-order chi connectivity index (χ0) is 16.7. The molecule has 1 aliphatic rings. The number of hydrogen-bond acceptors (Lipinski definition) is 3. The summed E-state index contributed by atoms with van der Waals surface area (Å²) in [7, 11) is 0. The molecule has 5 heteroatoms. The van der Waals surface area contributed by atoms with Crippen LogP contribution in [0.4, 0.5) is 0 Å². The number of nitrogens with one attached hydrogen (secondary N) is 2. The summed E-state index contributed by atoms with van der Waals surface area (Å²) in [6.45, 7) is 11.6. The molecule has 5 nitrogen and oxygen atoms in total. The molecule has 0 bridgehead atoms. The van der Waals surface area contributed by atoms with E-state index in [0.29, 0.717) is 24.9 Å². The molecule has 0 aromatic heterocycles. The van der Waals surface area contributed by atoms with Crippen molar-refractivity contribution in [3.63, 3.8) is 0 Å². The maximum Gasteiger partial charge on any atom is 0.234 e. The van der Waals surface area contributed by atoms with Crippen molar-refractivity contribution in [3.8, 4) is 0 Å². The van der Waals surface area contributed by atoms with Crippen LogP contribution in [-0.2, 0) is 9.59 Å². The standard InChI is InChI=1S/C17H33N3O2/c1-6-20(10-16(21)18-12(2)3)11-17(22)19-15-9-7-8-13(4)14(15)5/h12-15H,6-11H2,1-5H3,(H,18,21)(H,19,22)/t13-,14-,15-/m0/s1. The van der Waals surface area contributed by atoms with Gasteiger partial charge in [-0.3, -0.25) is 14.5 Å². The molecule has 0 aromatic rings. The average Bonchev–Trinajstić information content (AvgIpc) is 2.42. The molecule has 128 valence electrons. The molecule has 2 N–H and O–H groups in total. The van der Waals surface area contributed by atoms with E-state index >= 15 is 0 Å². The van der Waals surface area contributed by atoms with Gasteiger partial charge in [0.1, 0.15) is 0 Å². The second-order valence-corrected chi connectivity index (χ2v) is 6.97. The first-order valence-corrected chi connectivity index (χ1v) is 8.64. The second kappa shape index (κ2) is 9.13. The summed E-state index contributed by atoms with van der Waals surface area (Å²) in [6.07, 6.45) is 3.51. The quantitative estimate of drug-likeness (QED) is 0.753. The van der Waals surface area contributed by atoms with E-state index in [2.05, 4.69) is 24.5 Å². The number of carbonyl (C=O) groups is 2. The van der Waals surface area contributed by atoms with Gasteiger partial charge in [-0.05, 0) is 38.6 Å². The molecule has 0 saturated heterocycles. The Kier molecular flexibility index (Phi) is 7.87. The molecule has 0 unspecified atom stereocenters. The predicted octanol–water partition coefficient (Wildman–Crippen LogP) is 1.77. The van der Waals surface area contributed by atoms with Crippen LogP contribution < -0.4 is 10.6 Å². The SMILES string of the molecule is CCN(CC(=O)NC(C)C)CC(=O)N[C@H]1CCC[C@H](C)[C@@H]1C. The fourth-order valence-electron chi connectivity index (χ4n) is 3.09. The Hall–Kier alpha value is -1.10. The number of likely N-dealkylation sites (N-methyl/N-ethyl adjacent to an activating group) is 1. The zero-order valence-corrected chi connectivity index (χ0v) is 14.8. The highest BCUT2D eigenvalue weighted by Gasteiger charge is 2.28. The van der Waals surface area contributed by atoms with Crippen molar-refractivity contribution in [2.24, 2.45) is 11.8 Å². The van der Waals surface area contributed by atoms with Crippen molar-refractivity contribution in [2.45, 2.75) is 66.0 Å². The first-order chi connectivity index (χ1) is 10.3. The normalized spacial score (nSPS) is 25.3. The average molecular weight is 311 g/mol. The summed E-state index contributed by atoms with van der Waals surface area (Å²) >= 11 is 0. The minimum atomic E-state index is -0.0238. The molecular formula is C17H33N3O2. The van der Waals surface area contributed by atoms with Crippen molar-refractivity contribution in [3.05, 3.63) is 0 Å². The van der Waals surface area contributed by atoms with Gasteiger partial charge in [-0.15, -0.1) is 0 Å². The summed E-state index contributed by atoms with van der Waals surface area (Å²) in [5, 5.41) is 6.03. The van der Waals surface area contributed by atoms with E-state index in [0.717, 1.165) is 6.42 Å². The van der Waals surface area contributed by atoms with Gasteiger partial charge >= 0.3 is 0 Å². The van der Waals surface area contributed by atoms with Crippen LogP contribution >= 0.6 is 0 Å². The largest absolute Gasteiger partial charge is 0.353 e. The first kappa shape index (κ1) is 18.9. The summed E-state index contributed by atoms with van der Waals surface area (Å²) in [4.78, 5) is 25.9. The fraction of sp³-hybridized carbons (Fsp3) is 0.882. The Balaban J connectivity index is 2.42. The Morgan fingerprint density at radius 2 is 1.77 bits per heavy atom. The third kappa shape index (κ3) is 6.34. The van der Waals surface area contributed by atoms with Crippen molar-refractivity contribution < 1.29 is 9.59 Å². The lowest BCUT2D eigenvalue weighted by Gasteiger charge is -2.35. The molecule has 1 saturated carbocycles. The van der Waals surface area contributed by atoms with Crippen LogP contribution in [0.25, 0.3) is 0 Å². The van der Waals surface area contributed by atoms with Crippen LogP contribution in [0, 0.1) is 11.8 Å². The van der Waals surface area contributed by atoms with Crippen LogP contribution in [0.15, 0.2) is 0 Å². The molecule has 0 radical (unpaired) electrons. The predicted molar refractivity (Wildman–Crippen MR) is 89.5 cm³/mol. The Morgan fingerprint density at radius 3 is 2.36 bits per heavy atom. The van der Waals surface area contributed by atoms with E-state index in [1.54, 1.807) is 0 Å². The minimum Gasteiger partial charge on any atom is -0.353 e. The van der Waals surface area contributed by atoms with Gasteiger partial charge in [0.05, 0.1) is 13.1 Å². The zero-order valence-electron chi connectivity index (χ0n) is 14.8. The third-order valence-corrected chi connectivity index (χ3v) is 4.68. The van der Waals surface area contributed by atoms with E-state index in [9.17, 15) is 9.59 Å². The molecule has 22 heavy (non-hydrogen) atoms. The molecule has 0 spiro atoms. The fourth-order valence-corrected chi connectivity index (χ4v) is 3.09. The van der Waals surface area contributed by atoms with E-state index in [-0.39, 0.29) is 30.4 Å². The topological polar surface area (TPSA) is 61.4 Å². The number of amides is 2. The Bertz CT molecular complexity index is 371. The van der Waals surface area contributed by atoms with Gasteiger partial charge in [-0.25, -0.2) is 0 Å². The van der Waals surface area contributed by atoms with E-state index < -0.39 is 0 Å². The maximum atomic E-state index is 12.3. The number of carbonyl (C=O) groups excluding carboxylic acids is 2. The van der Waals surface area contributed by atoms with E-state index in [1.165, 1.54) is 12.8 Å². The lowest BCUT2D eigenvalue weighted by atomic mass is 9.78. The Morgan fingerprint density at radius 1 is 1.14 bits per heavy atom. The Labute approximate surface area is 135 Å². The molecule has 1 aliphatic carbocycles. The van der Waals surface area contributed by atoms with Crippen molar-refractivity contribution in [2.75, 3.05) is 19.6 Å². The molecule has 0 aliphatic heterocycles. The number of hydrogen-bond donors (Lipinski definition) is 2. The number of nitrogens with zero attached hydrogens (tertiary/aromatic N) is 1. The van der Waals surface area contributed by atoms with Gasteiger partial charge in [0, 0.05) is 12.1 Å². The second-order valence-electron chi connectivity index (χ2n) is 6.97. The molecule has 1 fully saturated rings. The summed E-state index contributed by atoms with van der Waals surface area (Å²) in [5.41, 5.74) is 0. The highest BCUT2D eigenvalue weighted by Crippen LogP contribution is 2.29. The van der Waals surface area contributed by atoms with Gasteiger partial charge in [-0.2, -0.15) is 0 Å². The lowest BCUT2D eigenvalue weighted by Crippen LogP contribution is -2.49. The van der Waals surface area contributed by atoms with Gasteiger partial charge < -0.3 is 10.6 Å². The van der Waals surface area contributed by atoms with E-state index in [1.807, 2.05) is 25.7 Å². The molecule has 1 rings (SSSR count). The first-order valence-electron chi connectivity index (χ1n) is 8.64. The monoisotopic (exact) mass is 311 g/mol. The molecule has 2 amide bonds. The van der Waals surface area contributed by atoms with Gasteiger partial charge in [-0.1, -0.05) is 33.6 Å². The minimum absolute atomic E-state index is 0.0238. The van der Waals surface area contributed by atoms with Crippen LogP contribution in [0.5, 0.6) is 0 Å². The highest BCUT2D eigenvalue weighted by molar-refractivity contribution is 5.81. The summed E-state index contributed by atoms with van der Waals surface area (Å²) in [6, 6.07) is 0.407. The van der Waals surface area contributed by atoms with E-state index in [4.69, 9.17) is 0 Å². The van der Waals surface area contributed by atoms with Crippen LogP contribution in [0.3, 0.4) is 0 Å². The van der Waals surface area contributed by atoms with Crippen LogP contribution in [-0.4, -0.2) is 48.4 Å². The molecular weight excluding hydrogens is 278 g/mol. The third-order valence-electron chi connectivity index (χ3n) is 4.68. The summed E-state index contributed by atoms with van der Waals surface area (Å²) < 4.78 is 0. The lowest BCUT2D eigenvalue weighted by molar-refractivity contribution is -0.126. The highest BCUT2D eigenvalue weighted by atomic mass is 16.2. The van der Waals surface area contributed by atoms with Gasteiger partial charge in [0.25, 0.3) is 0 Å².